The number of rotatable bonds is 5. The van der Waals surface area contributed by atoms with Crippen molar-refractivity contribution in [2.45, 2.75) is 4.90 Å². The molecule has 3 rings (SSSR count). The predicted molar refractivity (Wildman–Crippen MR) is 92.8 cm³/mol. The van der Waals surface area contributed by atoms with Crippen molar-refractivity contribution in [2.75, 3.05) is 18.9 Å². The van der Waals surface area contributed by atoms with Crippen molar-refractivity contribution in [1.29, 1.82) is 0 Å². The average molecular weight is 366 g/mol. The largest absolute Gasteiger partial charge is 0.497 e. The first-order chi connectivity index (χ1) is 11.4. The van der Waals surface area contributed by atoms with Crippen LogP contribution >= 0.6 is 11.3 Å². The Morgan fingerprint density at radius 1 is 1.08 bits per heavy atom. The molecule has 0 unspecified atom stereocenters. The molecule has 0 saturated carbocycles. The van der Waals surface area contributed by atoms with Gasteiger partial charge in [-0.15, -0.1) is 0 Å². The van der Waals surface area contributed by atoms with Crippen LogP contribution in [0.2, 0.25) is 0 Å². The van der Waals surface area contributed by atoms with Gasteiger partial charge >= 0.3 is 4.87 Å². The number of ether oxygens (including phenoxy) is 2. The van der Waals surface area contributed by atoms with Gasteiger partial charge in [0.1, 0.15) is 11.5 Å². The van der Waals surface area contributed by atoms with Gasteiger partial charge in [-0.05, 0) is 30.3 Å². The molecule has 2 N–H and O–H groups in total. The summed E-state index contributed by atoms with van der Waals surface area (Å²) in [4.78, 5) is 13.8. The quantitative estimate of drug-likeness (QED) is 0.723. The SMILES string of the molecule is COc1ccc(OC)c(NS(=O)(=O)c2ccc3[nH]c(=O)sc3c2)c1. The second kappa shape index (κ2) is 6.17. The van der Waals surface area contributed by atoms with Crippen LogP contribution in [0.5, 0.6) is 11.5 Å². The third-order valence-electron chi connectivity index (χ3n) is 3.35. The van der Waals surface area contributed by atoms with E-state index in [2.05, 4.69) is 9.71 Å². The van der Waals surface area contributed by atoms with Crippen LogP contribution in [0.15, 0.2) is 46.1 Å². The topological polar surface area (TPSA) is 97.5 Å². The molecule has 0 spiro atoms. The minimum absolute atomic E-state index is 0.0510. The van der Waals surface area contributed by atoms with Gasteiger partial charge in [0.15, 0.2) is 0 Å². The van der Waals surface area contributed by atoms with Gasteiger partial charge in [-0.1, -0.05) is 11.3 Å². The van der Waals surface area contributed by atoms with E-state index in [0.29, 0.717) is 21.7 Å². The molecule has 126 valence electrons. The molecule has 0 radical (unpaired) electrons. The highest BCUT2D eigenvalue weighted by Gasteiger charge is 2.18. The predicted octanol–water partition coefficient (Wildman–Crippen LogP) is 2.41. The van der Waals surface area contributed by atoms with Gasteiger partial charge in [0.25, 0.3) is 10.0 Å². The molecule has 1 heterocycles. The molecule has 9 heteroatoms. The van der Waals surface area contributed by atoms with Crippen molar-refractivity contribution in [2.24, 2.45) is 0 Å². The van der Waals surface area contributed by atoms with Crippen molar-refractivity contribution in [3.05, 3.63) is 46.1 Å². The van der Waals surface area contributed by atoms with E-state index in [0.717, 1.165) is 11.3 Å². The Morgan fingerprint density at radius 3 is 2.58 bits per heavy atom. The van der Waals surface area contributed by atoms with Gasteiger partial charge < -0.3 is 14.5 Å². The smallest absolute Gasteiger partial charge is 0.305 e. The van der Waals surface area contributed by atoms with Gasteiger partial charge in [-0.3, -0.25) is 9.52 Å². The monoisotopic (exact) mass is 366 g/mol. The van der Waals surface area contributed by atoms with Gasteiger partial charge in [-0.25, -0.2) is 8.42 Å². The highest BCUT2D eigenvalue weighted by molar-refractivity contribution is 7.92. The highest BCUT2D eigenvalue weighted by Crippen LogP contribution is 2.31. The summed E-state index contributed by atoms with van der Waals surface area (Å²) in [7, 11) is -0.913. The number of aromatic nitrogens is 1. The van der Waals surface area contributed by atoms with E-state index in [9.17, 15) is 13.2 Å². The number of sulfonamides is 1. The fourth-order valence-corrected chi connectivity index (χ4v) is 4.13. The molecular weight excluding hydrogens is 352 g/mol. The van der Waals surface area contributed by atoms with Crippen LogP contribution in [0, 0.1) is 0 Å². The number of fused-ring (bicyclic) bond motifs is 1. The third-order valence-corrected chi connectivity index (χ3v) is 5.56. The zero-order valence-corrected chi connectivity index (χ0v) is 14.5. The van der Waals surface area contributed by atoms with E-state index >= 15 is 0 Å². The molecule has 3 aromatic rings. The molecule has 24 heavy (non-hydrogen) atoms. The molecule has 0 aliphatic heterocycles. The summed E-state index contributed by atoms with van der Waals surface area (Å²) in [6.07, 6.45) is 0. The minimum atomic E-state index is -3.85. The lowest BCUT2D eigenvalue weighted by atomic mass is 10.3. The molecule has 0 saturated heterocycles. The van der Waals surface area contributed by atoms with Gasteiger partial charge in [0.05, 0.1) is 35.0 Å². The zero-order chi connectivity index (χ0) is 17.3. The van der Waals surface area contributed by atoms with E-state index in [1.807, 2.05) is 0 Å². The molecule has 0 aliphatic carbocycles. The molecule has 7 nitrogen and oxygen atoms in total. The van der Waals surface area contributed by atoms with E-state index in [4.69, 9.17) is 9.47 Å². The van der Waals surface area contributed by atoms with Gasteiger partial charge in [-0.2, -0.15) is 0 Å². The Hall–Kier alpha value is -2.52. The van der Waals surface area contributed by atoms with E-state index in [1.165, 1.54) is 32.4 Å². The highest BCUT2D eigenvalue weighted by atomic mass is 32.2. The molecule has 0 amide bonds. The van der Waals surface area contributed by atoms with Crippen LogP contribution in [0.1, 0.15) is 0 Å². The molecule has 0 aliphatic rings. The first-order valence-corrected chi connectivity index (χ1v) is 9.10. The van der Waals surface area contributed by atoms with Crippen LogP contribution in [0.25, 0.3) is 10.2 Å². The van der Waals surface area contributed by atoms with Crippen LogP contribution < -0.4 is 19.1 Å². The lowest BCUT2D eigenvalue weighted by Crippen LogP contribution is -2.13. The summed E-state index contributed by atoms with van der Waals surface area (Å²) in [6, 6.07) is 9.25. The average Bonchev–Trinajstić information content (AvgIpc) is 2.93. The molecule has 1 aromatic heterocycles. The van der Waals surface area contributed by atoms with Gasteiger partial charge in [0.2, 0.25) is 0 Å². The Bertz CT molecular complexity index is 1050. The Morgan fingerprint density at radius 2 is 1.88 bits per heavy atom. The van der Waals surface area contributed by atoms with E-state index < -0.39 is 10.0 Å². The van der Waals surface area contributed by atoms with Crippen LogP contribution in [-0.4, -0.2) is 27.6 Å². The lowest BCUT2D eigenvalue weighted by Gasteiger charge is -2.13. The van der Waals surface area contributed by atoms with Crippen molar-refractivity contribution >= 4 is 37.3 Å². The zero-order valence-electron chi connectivity index (χ0n) is 12.8. The fraction of sp³-hybridized carbons (Fsp3) is 0.133. The van der Waals surface area contributed by atoms with Crippen LogP contribution in [0.3, 0.4) is 0 Å². The fourth-order valence-electron chi connectivity index (χ4n) is 2.19. The Labute approximate surface area is 141 Å². The molecule has 0 atom stereocenters. The van der Waals surface area contributed by atoms with E-state index in [1.54, 1.807) is 18.2 Å². The third kappa shape index (κ3) is 3.08. The number of hydrogen-bond acceptors (Lipinski definition) is 6. The first kappa shape index (κ1) is 16.3. The second-order valence-corrected chi connectivity index (χ2v) is 7.54. The van der Waals surface area contributed by atoms with Crippen molar-refractivity contribution in [1.82, 2.24) is 4.98 Å². The normalized spacial score (nSPS) is 11.4. The minimum Gasteiger partial charge on any atom is -0.497 e. The van der Waals surface area contributed by atoms with Crippen molar-refractivity contribution in [3.63, 3.8) is 0 Å². The molecule has 0 fully saturated rings. The maximum atomic E-state index is 12.6. The van der Waals surface area contributed by atoms with Crippen LogP contribution in [-0.2, 0) is 10.0 Å². The first-order valence-electron chi connectivity index (χ1n) is 6.80. The van der Waals surface area contributed by atoms with Crippen molar-refractivity contribution < 1.29 is 17.9 Å². The number of hydrogen-bond donors (Lipinski definition) is 2. The lowest BCUT2D eigenvalue weighted by molar-refractivity contribution is 0.405. The molecular formula is C15H14N2O5S2. The van der Waals surface area contributed by atoms with Gasteiger partial charge in [0, 0.05) is 6.07 Å². The maximum absolute atomic E-state index is 12.6. The second-order valence-electron chi connectivity index (χ2n) is 4.84. The molecule has 2 aromatic carbocycles. The van der Waals surface area contributed by atoms with Crippen LogP contribution in [0.4, 0.5) is 5.69 Å². The number of anilines is 1. The standard InChI is InChI=1S/C15H14N2O5S2/c1-21-9-3-6-13(22-2)12(7-9)17-24(19,20)10-4-5-11-14(8-10)23-15(18)16-11/h3-8,17H,1-2H3,(H,16,18). The summed E-state index contributed by atoms with van der Waals surface area (Å²) in [5.74, 6) is 0.861. The summed E-state index contributed by atoms with van der Waals surface area (Å²) in [5.41, 5.74) is 0.863. The number of aromatic amines is 1. The maximum Gasteiger partial charge on any atom is 0.305 e. The summed E-state index contributed by atoms with van der Waals surface area (Å²) >= 11 is 0.954. The summed E-state index contributed by atoms with van der Waals surface area (Å²) in [6.45, 7) is 0. The van der Waals surface area contributed by atoms with E-state index in [-0.39, 0.29) is 15.5 Å². The van der Waals surface area contributed by atoms with Crippen molar-refractivity contribution in [3.8, 4) is 11.5 Å². The Balaban J connectivity index is 2.02. The summed E-state index contributed by atoms with van der Waals surface area (Å²) < 4.78 is 38.6. The number of thiazole rings is 1. The number of benzene rings is 2. The molecule has 0 bridgehead atoms. The number of H-pyrrole nitrogens is 1. The number of methoxy groups -OCH3 is 2. The summed E-state index contributed by atoms with van der Waals surface area (Å²) in [5, 5.41) is 0. The number of nitrogens with one attached hydrogen (secondary N) is 2. The Kier molecular flexibility index (Phi) is 4.20.